The van der Waals surface area contributed by atoms with Gasteiger partial charge in [0.05, 0.1) is 10.4 Å². The molecule has 0 saturated carbocycles. The first-order valence-corrected chi connectivity index (χ1v) is 8.19. The first-order chi connectivity index (χ1) is 10.2. The molecule has 1 saturated heterocycles. The molecule has 0 unspecified atom stereocenters. The predicted octanol–water partition coefficient (Wildman–Crippen LogP) is 2.79. The summed E-state index contributed by atoms with van der Waals surface area (Å²) in [6, 6.07) is 0. The largest absolute Gasteiger partial charge is 0.481 e. The zero-order valence-corrected chi connectivity index (χ0v) is 14.0. The maximum atomic E-state index is 12.1. The summed E-state index contributed by atoms with van der Waals surface area (Å²) < 4.78 is 5.34. The summed E-state index contributed by atoms with van der Waals surface area (Å²) in [7, 11) is 0. The molecule has 7 heteroatoms. The van der Waals surface area contributed by atoms with E-state index in [1.54, 1.807) is 11.1 Å². The summed E-state index contributed by atoms with van der Waals surface area (Å²) in [6.45, 7) is 6.25. The van der Waals surface area contributed by atoms with E-state index in [0.29, 0.717) is 32.4 Å². The topological polar surface area (TPSA) is 79.7 Å². The fraction of sp³-hybridized carbons (Fsp3) is 0.667. The molecule has 0 aromatic carbocycles. The van der Waals surface area contributed by atoms with Crippen LogP contribution in [0.5, 0.6) is 0 Å². The molecule has 1 aromatic rings. The summed E-state index contributed by atoms with van der Waals surface area (Å²) in [5, 5.41) is 12.3. The number of hydrogen-bond donors (Lipinski definition) is 1. The van der Waals surface area contributed by atoms with Gasteiger partial charge in [-0.15, -0.1) is 11.3 Å². The average molecular weight is 326 g/mol. The molecule has 1 amide bonds. The van der Waals surface area contributed by atoms with Crippen molar-refractivity contribution < 1.29 is 19.4 Å². The van der Waals surface area contributed by atoms with Crippen LogP contribution in [0.2, 0.25) is 0 Å². The Bertz CT molecular complexity index is 528. The monoisotopic (exact) mass is 326 g/mol. The van der Waals surface area contributed by atoms with Gasteiger partial charge in [-0.1, -0.05) is 0 Å². The highest BCUT2D eigenvalue weighted by atomic mass is 32.1. The van der Waals surface area contributed by atoms with E-state index in [0.717, 1.165) is 5.01 Å². The van der Waals surface area contributed by atoms with Gasteiger partial charge in [0.2, 0.25) is 0 Å². The highest BCUT2D eigenvalue weighted by Crippen LogP contribution is 2.36. The highest BCUT2D eigenvalue weighted by Gasteiger charge is 2.43. The molecule has 1 aliphatic rings. The summed E-state index contributed by atoms with van der Waals surface area (Å²) in [5.41, 5.74) is -1.38. The molecule has 2 heterocycles. The Morgan fingerprint density at radius 3 is 2.50 bits per heavy atom. The number of amides is 1. The summed E-state index contributed by atoms with van der Waals surface area (Å²) in [6.07, 6.45) is 2.57. The van der Waals surface area contributed by atoms with E-state index < -0.39 is 17.0 Å². The fourth-order valence-electron chi connectivity index (χ4n) is 2.54. The van der Waals surface area contributed by atoms with Crippen molar-refractivity contribution in [2.75, 3.05) is 13.1 Å². The van der Waals surface area contributed by atoms with Crippen LogP contribution in [0.3, 0.4) is 0 Å². The van der Waals surface area contributed by atoms with E-state index in [4.69, 9.17) is 4.74 Å². The molecule has 2 rings (SSSR count). The van der Waals surface area contributed by atoms with Crippen molar-refractivity contribution in [1.82, 2.24) is 9.88 Å². The van der Waals surface area contributed by atoms with Crippen molar-refractivity contribution in [3.63, 3.8) is 0 Å². The van der Waals surface area contributed by atoms with Gasteiger partial charge in [0.15, 0.2) is 0 Å². The molecular formula is C15H22N2O4S. The molecule has 1 aromatic heterocycles. The number of carboxylic acid groups (broad SMARTS) is 1. The number of nitrogens with zero attached hydrogens (tertiary/aromatic N) is 2. The number of hydrogen-bond acceptors (Lipinski definition) is 5. The Balaban J connectivity index is 2.01. The van der Waals surface area contributed by atoms with Gasteiger partial charge >= 0.3 is 12.1 Å². The van der Waals surface area contributed by atoms with Gasteiger partial charge in [0, 0.05) is 31.1 Å². The van der Waals surface area contributed by atoms with Crippen molar-refractivity contribution >= 4 is 23.4 Å². The number of carbonyl (C=O) groups excluding carboxylic acids is 1. The van der Waals surface area contributed by atoms with Crippen LogP contribution < -0.4 is 0 Å². The Labute approximate surface area is 134 Å². The lowest BCUT2D eigenvalue weighted by Gasteiger charge is -2.38. The van der Waals surface area contributed by atoms with Crippen LogP contribution in [-0.2, 0) is 16.0 Å². The van der Waals surface area contributed by atoms with Gasteiger partial charge in [-0.2, -0.15) is 0 Å². The lowest BCUT2D eigenvalue weighted by Crippen LogP contribution is -2.48. The first-order valence-electron chi connectivity index (χ1n) is 7.32. The predicted molar refractivity (Wildman–Crippen MR) is 82.9 cm³/mol. The Morgan fingerprint density at radius 2 is 2.05 bits per heavy atom. The lowest BCUT2D eigenvalue weighted by atomic mass is 9.76. The standard InChI is InChI=1S/C15H22N2O4S/c1-14(2,3)21-13(20)17-7-4-15(5-8-17,12(18)19)10-11-16-6-9-22-11/h6,9H,4-5,7-8,10H2,1-3H3,(H,18,19). The first kappa shape index (κ1) is 16.7. The molecule has 1 aliphatic heterocycles. The second kappa shape index (κ2) is 6.24. The summed E-state index contributed by atoms with van der Waals surface area (Å²) in [4.78, 5) is 29.6. The zero-order valence-electron chi connectivity index (χ0n) is 13.2. The highest BCUT2D eigenvalue weighted by molar-refractivity contribution is 7.09. The molecule has 0 atom stereocenters. The second-order valence-corrected chi connectivity index (χ2v) is 7.63. The molecule has 6 nitrogen and oxygen atoms in total. The normalized spacial score (nSPS) is 18.0. The van der Waals surface area contributed by atoms with Gasteiger partial charge in [-0.3, -0.25) is 4.79 Å². The summed E-state index contributed by atoms with van der Waals surface area (Å²) in [5.74, 6) is -0.813. The fourth-order valence-corrected chi connectivity index (χ4v) is 3.30. The van der Waals surface area contributed by atoms with Crippen molar-refractivity contribution in [1.29, 1.82) is 0 Å². The quantitative estimate of drug-likeness (QED) is 0.924. The third kappa shape index (κ3) is 3.97. The number of thiazole rings is 1. The van der Waals surface area contributed by atoms with Crippen molar-refractivity contribution in [3.05, 3.63) is 16.6 Å². The molecule has 1 N–H and O–H groups in total. The van der Waals surface area contributed by atoms with Crippen LogP contribution in [0, 0.1) is 5.41 Å². The van der Waals surface area contributed by atoms with Crippen LogP contribution in [0.1, 0.15) is 38.6 Å². The Hall–Kier alpha value is -1.63. The van der Waals surface area contributed by atoms with Crippen LogP contribution in [0.15, 0.2) is 11.6 Å². The summed E-state index contributed by atoms with van der Waals surface area (Å²) >= 11 is 1.47. The van der Waals surface area contributed by atoms with Crippen LogP contribution in [-0.4, -0.2) is 45.7 Å². The van der Waals surface area contributed by atoms with Gasteiger partial charge in [-0.25, -0.2) is 9.78 Å². The van der Waals surface area contributed by atoms with E-state index in [-0.39, 0.29) is 6.09 Å². The van der Waals surface area contributed by atoms with E-state index in [1.165, 1.54) is 11.3 Å². The number of carboxylic acids is 1. The van der Waals surface area contributed by atoms with Gasteiger partial charge < -0.3 is 14.7 Å². The minimum absolute atomic E-state index is 0.374. The average Bonchev–Trinajstić information content (AvgIpc) is 2.90. The van der Waals surface area contributed by atoms with Crippen LogP contribution in [0.25, 0.3) is 0 Å². The van der Waals surface area contributed by atoms with E-state index in [2.05, 4.69) is 4.98 Å². The van der Waals surface area contributed by atoms with E-state index in [1.807, 2.05) is 26.2 Å². The third-order valence-corrected chi connectivity index (χ3v) is 4.58. The van der Waals surface area contributed by atoms with E-state index >= 15 is 0 Å². The lowest BCUT2D eigenvalue weighted by molar-refractivity contribution is -0.152. The Kier molecular flexibility index (Phi) is 4.75. The number of aliphatic carboxylic acids is 1. The number of carbonyl (C=O) groups is 2. The van der Waals surface area contributed by atoms with Crippen molar-refractivity contribution in [2.45, 2.75) is 45.6 Å². The molecule has 0 radical (unpaired) electrons. The van der Waals surface area contributed by atoms with Crippen LogP contribution in [0.4, 0.5) is 4.79 Å². The SMILES string of the molecule is CC(C)(C)OC(=O)N1CCC(Cc2nccs2)(C(=O)O)CC1. The Morgan fingerprint density at radius 1 is 1.41 bits per heavy atom. The van der Waals surface area contributed by atoms with Crippen molar-refractivity contribution in [2.24, 2.45) is 5.41 Å². The van der Waals surface area contributed by atoms with Gasteiger partial charge in [0.25, 0.3) is 0 Å². The van der Waals surface area contributed by atoms with Crippen molar-refractivity contribution in [3.8, 4) is 0 Å². The smallest absolute Gasteiger partial charge is 0.410 e. The number of aromatic nitrogens is 1. The number of rotatable bonds is 3. The number of ether oxygens (including phenoxy) is 1. The molecule has 122 valence electrons. The molecular weight excluding hydrogens is 304 g/mol. The molecule has 22 heavy (non-hydrogen) atoms. The minimum atomic E-state index is -0.837. The zero-order chi connectivity index (χ0) is 16.4. The molecule has 0 aliphatic carbocycles. The second-order valence-electron chi connectivity index (χ2n) is 6.66. The number of piperidine rings is 1. The third-order valence-electron chi connectivity index (χ3n) is 3.80. The van der Waals surface area contributed by atoms with E-state index in [9.17, 15) is 14.7 Å². The molecule has 0 spiro atoms. The maximum absolute atomic E-state index is 12.1. The molecule has 0 bridgehead atoms. The molecule has 1 fully saturated rings. The minimum Gasteiger partial charge on any atom is -0.481 e. The maximum Gasteiger partial charge on any atom is 0.410 e. The van der Waals surface area contributed by atoms with Gasteiger partial charge in [0.1, 0.15) is 5.60 Å². The number of likely N-dealkylation sites (tertiary alicyclic amines) is 1. The van der Waals surface area contributed by atoms with Gasteiger partial charge in [-0.05, 0) is 33.6 Å². The van der Waals surface area contributed by atoms with Crippen LogP contribution >= 0.6 is 11.3 Å².